The fourth-order valence-corrected chi connectivity index (χ4v) is 1.34. The van der Waals surface area contributed by atoms with Gasteiger partial charge in [-0.3, -0.25) is 4.98 Å². The lowest BCUT2D eigenvalue weighted by Crippen LogP contribution is -1.77. The van der Waals surface area contributed by atoms with Gasteiger partial charge in [0.2, 0.25) is 0 Å². The summed E-state index contributed by atoms with van der Waals surface area (Å²) in [5.41, 5.74) is 0.711. The number of phenolic OH excluding ortho intramolecular Hbond substituents is 1. The number of nitrogens with zero attached hydrogens (tertiary/aromatic N) is 1. The second kappa shape index (κ2) is 2.64. The van der Waals surface area contributed by atoms with Crippen molar-refractivity contribution in [3.63, 3.8) is 0 Å². The number of benzene rings is 1. The van der Waals surface area contributed by atoms with Gasteiger partial charge in [-0.1, -0.05) is 11.6 Å². The highest BCUT2D eigenvalue weighted by Gasteiger charge is 2.00. The van der Waals surface area contributed by atoms with E-state index in [-0.39, 0.29) is 5.75 Å². The summed E-state index contributed by atoms with van der Waals surface area (Å²) in [6, 6.07) is 6.80. The Kier molecular flexibility index (Phi) is 1.62. The molecule has 0 spiro atoms. The molecule has 0 saturated carbocycles. The first-order chi connectivity index (χ1) is 5.77. The van der Waals surface area contributed by atoms with Crippen molar-refractivity contribution in [2.75, 3.05) is 0 Å². The summed E-state index contributed by atoms with van der Waals surface area (Å²) >= 11 is 5.72. The van der Waals surface area contributed by atoms with Crippen LogP contribution >= 0.6 is 11.6 Å². The van der Waals surface area contributed by atoms with Crippen LogP contribution in [0.4, 0.5) is 0 Å². The number of hydrogen-bond donors (Lipinski definition) is 1. The molecule has 0 amide bonds. The van der Waals surface area contributed by atoms with Crippen LogP contribution in [0.1, 0.15) is 0 Å². The molecule has 0 fully saturated rings. The van der Waals surface area contributed by atoms with E-state index in [1.165, 1.54) is 6.07 Å². The Morgan fingerprint density at radius 2 is 2.17 bits per heavy atom. The van der Waals surface area contributed by atoms with E-state index in [4.69, 9.17) is 11.6 Å². The molecule has 0 saturated heterocycles. The minimum Gasteiger partial charge on any atom is -0.507 e. The lowest BCUT2D eigenvalue weighted by molar-refractivity contribution is 0.481. The minimum atomic E-state index is 0.172. The highest BCUT2D eigenvalue weighted by Crippen LogP contribution is 2.26. The van der Waals surface area contributed by atoms with Gasteiger partial charge in [-0.2, -0.15) is 0 Å². The lowest BCUT2D eigenvalue weighted by atomic mass is 10.2. The first-order valence-electron chi connectivity index (χ1n) is 3.50. The van der Waals surface area contributed by atoms with Gasteiger partial charge in [0.15, 0.2) is 0 Å². The van der Waals surface area contributed by atoms with Crippen molar-refractivity contribution in [2.45, 2.75) is 0 Å². The molecule has 2 rings (SSSR count). The molecule has 0 unspecified atom stereocenters. The fourth-order valence-electron chi connectivity index (χ4n) is 1.13. The Morgan fingerprint density at radius 1 is 1.33 bits per heavy atom. The molecule has 0 radical (unpaired) electrons. The maximum atomic E-state index is 9.43. The van der Waals surface area contributed by atoms with E-state index in [1.807, 2.05) is 0 Å². The van der Waals surface area contributed by atoms with E-state index in [9.17, 15) is 5.11 Å². The number of rotatable bonds is 0. The predicted molar refractivity (Wildman–Crippen MR) is 48.4 cm³/mol. The summed E-state index contributed by atoms with van der Waals surface area (Å²) in [5, 5.41) is 10.7. The molecule has 1 heterocycles. The van der Waals surface area contributed by atoms with Gasteiger partial charge in [0, 0.05) is 16.6 Å². The van der Waals surface area contributed by atoms with Crippen LogP contribution in [0.25, 0.3) is 10.9 Å². The quantitative estimate of drug-likeness (QED) is 0.675. The Morgan fingerprint density at radius 3 is 3.00 bits per heavy atom. The summed E-state index contributed by atoms with van der Waals surface area (Å²) in [4.78, 5) is 4.06. The number of pyridine rings is 1. The van der Waals surface area contributed by atoms with Crippen LogP contribution in [-0.4, -0.2) is 10.1 Å². The first-order valence-corrected chi connectivity index (χ1v) is 3.88. The molecule has 0 bridgehead atoms. The van der Waals surface area contributed by atoms with Crippen LogP contribution in [0.15, 0.2) is 30.5 Å². The summed E-state index contributed by atoms with van der Waals surface area (Å²) in [5.74, 6) is 0.172. The van der Waals surface area contributed by atoms with Crippen molar-refractivity contribution >= 4 is 22.5 Å². The Bertz CT molecular complexity index is 428. The number of hydrogen-bond acceptors (Lipinski definition) is 2. The van der Waals surface area contributed by atoms with Gasteiger partial charge in [0.25, 0.3) is 0 Å². The molecule has 0 aliphatic carbocycles. The fraction of sp³-hybridized carbons (Fsp3) is 0. The van der Waals surface area contributed by atoms with E-state index in [0.717, 1.165) is 5.39 Å². The second-order valence-corrected chi connectivity index (χ2v) is 2.93. The molecule has 3 heteroatoms. The van der Waals surface area contributed by atoms with Crippen molar-refractivity contribution in [1.29, 1.82) is 0 Å². The van der Waals surface area contributed by atoms with E-state index in [1.54, 1.807) is 24.4 Å². The van der Waals surface area contributed by atoms with E-state index in [2.05, 4.69) is 4.98 Å². The maximum absolute atomic E-state index is 9.43. The van der Waals surface area contributed by atoms with E-state index < -0.39 is 0 Å². The number of fused-ring (bicyclic) bond motifs is 1. The van der Waals surface area contributed by atoms with Gasteiger partial charge in [0.1, 0.15) is 5.75 Å². The average molecular weight is 180 g/mol. The Balaban J connectivity index is 2.89. The maximum Gasteiger partial charge on any atom is 0.126 e. The van der Waals surface area contributed by atoms with Crippen LogP contribution in [-0.2, 0) is 0 Å². The van der Waals surface area contributed by atoms with Gasteiger partial charge in [-0.05, 0) is 24.3 Å². The van der Waals surface area contributed by atoms with Crippen LogP contribution in [0, 0.1) is 0 Å². The molecule has 2 aromatic rings. The number of aromatic nitrogens is 1. The molecule has 60 valence electrons. The van der Waals surface area contributed by atoms with Crippen molar-refractivity contribution in [1.82, 2.24) is 4.98 Å². The average Bonchev–Trinajstić information content (AvgIpc) is 2.04. The topological polar surface area (TPSA) is 33.1 Å². The molecule has 0 aliphatic heterocycles. The van der Waals surface area contributed by atoms with E-state index in [0.29, 0.717) is 10.5 Å². The van der Waals surface area contributed by atoms with Gasteiger partial charge in [-0.15, -0.1) is 0 Å². The van der Waals surface area contributed by atoms with Gasteiger partial charge in [-0.25, -0.2) is 0 Å². The Hall–Kier alpha value is -1.28. The van der Waals surface area contributed by atoms with Crippen LogP contribution < -0.4 is 0 Å². The van der Waals surface area contributed by atoms with Crippen LogP contribution in [0.2, 0.25) is 5.02 Å². The molecule has 0 atom stereocenters. The molecular formula is C9H6ClNO. The predicted octanol–water partition coefficient (Wildman–Crippen LogP) is 2.59. The Labute approximate surface area is 74.4 Å². The normalized spacial score (nSPS) is 10.4. The largest absolute Gasteiger partial charge is 0.507 e. The van der Waals surface area contributed by atoms with Crippen molar-refractivity contribution < 1.29 is 5.11 Å². The minimum absolute atomic E-state index is 0.172. The highest BCUT2D eigenvalue weighted by molar-refractivity contribution is 6.31. The number of aromatic hydroxyl groups is 1. The zero-order valence-electron chi connectivity index (χ0n) is 6.16. The van der Waals surface area contributed by atoms with Crippen molar-refractivity contribution in [3.05, 3.63) is 35.5 Å². The van der Waals surface area contributed by atoms with Gasteiger partial charge >= 0.3 is 0 Å². The van der Waals surface area contributed by atoms with Crippen molar-refractivity contribution in [3.8, 4) is 5.75 Å². The zero-order chi connectivity index (χ0) is 8.55. The molecule has 1 N–H and O–H groups in total. The standard InChI is InChI=1S/C9H6ClNO/c10-6-4-8-7(9(12)5-6)2-1-3-11-8/h1-5,12H. The summed E-state index contributed by atoms with van der Waals surface area (Å²) in [6.45, 7) is 0. The lowest BCUT2D eigenvalue weighted by Gasteiger charge is -1.99. The van der Waals surface area contributed by atoms with Gasteiger partial charge in [0.05, 0.1) is 5.52 Å². The van der Waals surface area contributed by atoms with Crippen molar-refractivity contribution in [2.24, 2.45) is 0 Å². The second-order valence-electron chi connectivity index (χ2n) is 2.50. The smallest absolute Gasteiger partial charge is 0.126 e. The van der Waals surface area contributed by atoms with Crippen LogP contribution in [0.5, 0.6) is 5.75 Å². The molecular weight excluding hydrogens is 174 g/mol. The first kappa shape index (κ1) is 7.37. The molecule has 12 heavy (non-hydrogen) atoms. The molecule has 2 nitrogen and oxygen atoms in total. The number of halogens is 1. The third kappa shape index (κ3) is 1.10. The molecule has 1 aromatic heterocycles. The molecule has 1 aromatic carbocycles. The summed E-state index contributed by atoms with van der Waals surface area (Å²) < 4.78 is 0. The van der Waals surface area contributed by atoms with Crippen LogP contribution in [0.3, 0.4) is 0 Å². The SMILES string of the molecule is Oc1cc(Cl)cc2ncccc12. The molecule has 0 aliphatic rings. The number of phenols is 1. The van der Waals surface area contributed by atoms with Gasteiger partial charge < -0.3 is 5.11 Å². The monoisotopic (exact) mass is 179 g/mol. The summed E-state index contributed by atoms with van der Waals surface area (Å²) in [6.07, 6.45) is 1.66. The third-order valence-corrected chi connectivity index (χ3v) is 1.88. The summed E-state index contributed by atoms with van der Waals surface area (Å²) in [7, 11) is 0. The zero-order valence-corrected chi connectivity index (χ0v) is 6.92. The third-order valence-electron chi connectivity index (χ3n) is 1.66. The van der Waals surface area contributed by atoms with E-state index >= 15 is 0 Å². The highest BCUT2D eigenvalue weighted by atomic mass is 35.5.